The lowest BCUT2D eigenvalue weighted by atomic mass is 10.2. The van der Waals surface area contributed by atoms with E-state index in [0.717, 1.165) is 24.6 Å². The molecular weight excluding hydrogens is 228 g/mol. The third-order valence-corrected chi connectivity index (χ3v) is 2.90. The van der Waals surface area contributed by atoms with Gasteiger partial charge in [-0.05, 0) is 38.7 Å². The number of hydrogen-bond acceptors (Lipinski definition) is 4. The van der Waals surface area contributed by atoms with Gasteiger partial charge in [-0.25, -0.2) is 0 Å². The Balaban J connectivity index is 1.90. The molecule has 0 aromatic heterocycles. The molecule has 4 nitrogen and oxygen atoms in total. The molecule has 1 aliphatic rings. The van der Waals surface area contributed by atoms with Crippen molar-refractivity contribution < 1.29 is 9.47 Å². The van der Waals surface area contributed by atoms with Gasteiger partial charge >= 0.3 is 0 Å². The van der Waals surface area contributed by atoms with Crippen molar-refractivity contribution in [1.29, 1.82) is 0 Å². The highest BCUT2D eigenvalue weighted by atomic mass is 16.6. The van der Waals surface area contributed by atoms with Crippen LogP contribution in [0.1, 0.15) is 12.5 Å². The van der Waals surface area contributed by atoms with E-state index in [0.29, 0.717) is 19.3 Å². The fourth-order valence-corrected chi connectivity index (χ4v) is 2.10. The van der Waals surface area contributed by atoms with Crippen LogP contribution in [0.4, 0.5) is 0 Å². The molecule has 1 aromatic carbocycles. The summed E-state index contributed by atoms with van der Waals surface area (Å²) in [5.41, 5.74) is 1.23. The lowest BCUT2D eigenvalue weighted by Gasteiger charge is -2.20. The van der Waals surface area contributed by atoms with Crippen molar-refractivity contribution in [3.8, 4) is 11.5 Å². The third-order valence-electron chi connectivity index (χ3n) is 2.90. The summed E-state index contributed by atoms with van der Waals surface area (Å²) in [5.74, 6) is 1.71. The van der Waals surface area contributed by atoms with Gasteiger partial charge in [-0.2, -0.15) is 0 Å². The molecule has 2 rings (SSSR count). The van der Waals surface area contributed by atoms with Crippen molar-refractivity contribution in [2.24, 2.45) is 0 Å². The van der Waals surface area contributed by atoms with Crippen LogP contribution >= 0.6 is 0 Å². The number of hydrogen-bond donors (Lipinski definition) is 1. The Morgan fingerprint density at radius 2 is 1.94 bits per heavy atom. The second kappa shape index (κ2) is 6.07. The SMILES string of the molecule is CC(CN(C)C)NCc1ccc2c(c1)OCCO2. The molecule has 1 unspecified atom stereocenters. The molecule has 0 spiro atoms. The average molecular weight is 250 g/mol. The van der Waals surface area contributed by atoms with Crippen LogP contribution in [-0.4, -0.2) is 44.8 Å². The zero-order valence-electron chi connectivity index (χ0n) is 11.4. The first-order valence-corrected chi connectivity index (χ1v) is 6.42. The van der Waals surface area contributed by atoms with Crippen molar-refractivity contribution in [2.45, 2.75) is 19.5 Å². The van der Waals surface area contributed by atoms with E-state index < -0.39 is 0 Å². The first kappa shape index (κ1) is 13.2. The Kier molecular flexibility index (Phi) is 4.44. The molecule has 1 atom stereocenters. The Bertz CT molecular complexity index is 393. The average Bonchev–Trinajstić information content (AvgIpc) is 2.35. The zero-order valence-corrected chi connectivity index (χ0v) is 11.4. The van der Waals surface area contributed by atoms with Crippen LogP contribution in [0, 0.1) is 0 Å². The standard InChI is InChI=1S/C14H22N2O2/c1-11(10-16(2)3)15-9-12-4-5-13-14(8-12)18-7-6-17-13/h4-5,8,11,15H,6-7,9-10H2,1-3H3. The third kappa shape index (κ3) is 3.62. The first-order chi connectivity index (χ1) is 8.65. The van der Waals surface area contributed by atoms with Crippen molar-refractivity contribution in [3.63, 3.8) is 0 Å². The van der Waals surface area contributed by atoms with Gasteiger partial charge in [-0.1, -0.05) is 6.07 Å². The number of benzene rings is 1. The highest BCUT2D eigenvalue weighted by Gasteiger charge is 2.11. The van der Waals surface area contributed by atoms with E-state index in [4.69, 9.17) is 9.47 Å². The van der Waals surface area contributed by atoms with E-state index in [-0.39, 0.29) is 0 Å². The summed E-state index contributed by atoms with van der Waals surface area (Å²) in [6.07, 6.45) is 0. The molecule has 1 heterocycles. The van der Waals surface area contributed by atoms with E-state index in [2.05, 4.69) is 43.4 Å². The molecule has 0 amide bonds. The van der Waals surface area contributed by atoms with Crippen LogP contribution in [0.15, 0.2) is 18.2 Å². The maximum absolute atomic E-state index is 5.57. The van der Waals surface area contributed by atoms with Crippen molar-refractivity contribution in [1.82, 2.24) is 10.2 Å². The largest absolute Gasteiger partial charge is 0.486 e. The minimum atomic E-state index is 0.466. The second-order valence-electron chi connectivity index (χ2n) is 5.02. The predicted octanol–water partition coefficient (Wildman–Crippen LogP) is 1.50. The van der Waals surface area contributed by atoms with Gasteiger partial charge in [0.2, 0.25) is 0 Å². The Morgan fingerprint density at radius 1 is 1.22 bits per heavy atom. The summed E-state index contributed by atoms with van der Waals surface area (Å²) in [7, 11) is 4.17. The summed E-state index contributed by atoms with van der Waals surface area (Å²) < 4.78 is 11.1. The van der Waals surface area contributed by atoms with Gasteiger partial charge in [0, 0.05) is 19.1 Å². The normalized spacial score (nSPS) is 15.8. The quantitative estimate of drug-likeness (QED) is 0.858. The summed E-state index contributed by atoms with van der Waals surface area (Å²) >= 11 is 0. The molecule has 0 radical (unpaired) electrons. The molecule has 1 aliphatic heterocycles. The molecule has 1 N–H and O–H groups in total. The van der Waals surface area contributed by atoms with Crippen LogP contribution in [0.2, 0.25) is 0 Å². The van der Waals surface area contributed by atoms with Crippen LogP contribution in [0.25, 0.3) is 0 Å². The number of rotatable bonds is 5. The number of fused-ring (bicyclic) bond motifs is 1. The second-order valence-corrected chi connectivity index (χ2v) is 5.02. The minimum Gasteiger partial charge on any atom is -0.486 e. The number of likely N-dealkylation sites (N-methyl/N-ethyl adjacent to an activating group) is 1. The molecule has 0 saturated carbocycles. The van der Waals surface area contributed by atoms with Crippen LogP contribution in [-0.2, 0) is 6.54 Å². The Morgan fingerprint density at radius 3 is 2.67 bits per heavy atom. The van der Waals surface area contributed by atoms with Crippen LogP contribution in [0.3, 0.4) is 0 Å². The van der Waals surface area contributed by atoms with Gasteiger partial charge in [0.05, 0.1) is 0 Å². The van der Waals surface area contributed by atoms with Crippen molar-refractivity contribution >= 4 is 0 Å². The topological polar surface area (TPSA) is 33.7 Å². The molecule has 0 bridgehead atoms. The molecule has 4 heteroatoms. The monoisotopic (exact) mass is 250 g/mol. The Hall–Kier alpha value is -1.26. The molecular formula is C14H22N2O2. The lowest BCUT2D eigenvalue weighted by molar-refractivity contribution is 0.171. The fraction of sp³-hybridized carbons (Fsp3) is 0.571. The van der Waals surface area contributed by atoms with Gasteiger partial charge < -0.3 is 19.7 Å². The van der Waals surface area contributed by atoms with E-state index in [1.807, 2.05) is 6.07 Å². The number of nitrogens with one attached hydrogen (secondary N) is 1. The summed E-state index contributed by atoms with van der Waals surface area (Å²) in [6, 6.07) is 6.60. The van der Waals surface area contributed by atoms with E-state index in [1.54, 1.807) is 0 Å². The zero-order chi connectivity index (χ0) is 13.0. The highest BCUT2D eigenvalue weighted by molar-refractivity contribution is 5.43. The van der Waals surface area contributed by atoms with E-state index in [9.17, 15) is 0 Å². The Labute approximate surface area is 109 Å². The summed E-state index contributed by atoms with van der Waals surface area (Å²) in [6.45, 7) is 5.36. The summed E-state index contributed by atoms with van der Waals surface area (Å²) in [4.78, 5) is 2.18. The first-order valence-electron chi connectivity index (χ1n) is 6.42. The van der Waals surface area contributed by atoms with Gasteiger partial charge in [-0.3, -0.25) is 0 Å². The molecule has 100 valence electrons. The fourth-order valence-electron chi connectivity index (χ4n) is 2.10. The van der Waals surface area contributed by atoms with Crippen LogP contribution in [0.5, 0.6) is 11.5 Å². The smallest absolute Gasteiger partial charge is 0.161 e. The van der Waals surface area contributed by atoms with E-state index >= 15 is 0 Å². The van der Waals surface area contributed by atoms with E-state index in [1.165, 1.54) is 5.56 Å². The van der Waals surface area contributed by atoms with Gasteiger partial charge in [0.1, 0.15) is 13.2 Å². The summed E-state index contributed by atoms with van der Waals surface area (Å²) in [5, 5.41) is 3.50. The number of ether oxygens (including phenoxy) is 2. The molecule has 0 aliphatic carbocycles. The molecule has 0 fully saturated rings. The molecule has 18 heavy (non-hydrogen) atoms. The van der Waals surface area contributed by atoms with Gasteiger partial charge in [0.25, 0.3) is 0 Å². The predicted molar refractivity (Wildman–Crippen MR) is 72.3 cm³/mol. The maximum atomic E-state index is 5.57. The van der Waals surface area contributed by atoms with Crippen molar-refractivity contribution in [3.05, 3.63) is 23.8 Å². The van der Waals surface area contributed by atoms with Gasteiger partial charge in [-0.15, -0.1) is 0 Å². The lowest BCUT2D eigenvalue weighted by Crippen LogP contribution is -2.35. The molecule has 1 aromatic rings. The maximum Gasteiger partial charge on any atom is 0.161 e. The highest BCUT2D eigenvalue weighted by Crippen LogP contribution is 2.30. The van der Waals surface area contributed by atoms with Crippen molar-refractivity contribution in [2.75, 3.05) is 33.9 Å². The molecule has 0 saturated heterocycles. The van der Waals surface area contributed by atoms with Gasteiger partial charge in [0.15, 0.2) is 11.5 Å². The minimum absolute atomic E-state index is 0.466. The van der Waals surface area contributed by atoms with Crippen LogP contribution < -0.4 is 14.8 Å². The number of nitrogens with zero attached hydrogens (tertiary/aromatic N) is 1.